The van der Waals surface area contributed by atoms with Crippen LogP contribution in [0.2, 0.25) is 5.02 Å². The lowest BCUT2D eigenvalue weighted by atomic mass is 10.1. The number of anilines is 1. The quantitative estimate of drug-likeness (QED) is 0.843. The number of halogens is 1. The number of hydrogen-bond donors (Lipinski definition) is 1. The molecule has 1 heterocycles. The Morgan fingerprint density at radius 1 is 1.04 bits per heavy atom. The zero-order valence-electron chi connectivity index (χ0n) is 14.0. The third-order valence-electron chi connectivity index (χ3n) is 4.37. The first-order chi connectivity index (χ1) is 12.4. The first-order valence-corrected chi connectivity index (χ1v) is 10.1. The lowest BCUT2D eigenvalue weighted by Gasteiger charge is -2.35. The highest BCUT2D eigenvalue weighted by atomic mass is 35.5. The number of benzene rings is 2. The maximum Gasteiger partial charge on any atom is 0.337 e. The molecular weight excluding hydrogens is 376 g/mol. The molecule has 138 valence electrons. The van der Waals surface area contributed by atoms with Crippen molar-refractivity contribution in [1.82, 2.24) is 4.31 Å². The highest BCUT2D eigenvalue weighted by Gasteiger charge is 2.27. The van der Waals surface area contributed by atoms with Crippen LogP contribution in [0.3, 0.4) is 0 Å². The number of nitrogens with zero attached hydrogens (tertiary/aromatic N) is 2. The molecule has 1 aliphatic heterocycles. The van der Waals surface area contributed by atoms with Crippen LogP contribution in [-0.2, 0) is 15.8 Å². The second kappa shape index (κ2) is 7.65. The third kappa shape index (κ3) is 4.17. The number of carboxylic acid groups (broad SMARTS) is 1. The summed E-state index contributed by atoms with van der Waals surface area (Å²) in [6.45, 7) is 2.08. The molecule has 1 N–H and O–H groups in total. The highest BCUT2D eigenvalue weighted by Crippen LogP contribution is 2.22. The van der Waals surface area contributed by atoms with Gasteiger partial charge in [0.25, 0.3) is 0 Å². The number of para-hydroxylation sites is 1. The number of carbonyl (C=O) groups is 1. The van der Waals surface area contributed by atoms with Gasteiger partial charge in [-0.15, -0.1) is 0 Å². The fourth-order valence-electron chi connectivity index (χ4n) is 2.99. The summed E-state index contributed by atoms with van der Waals surface area (Å²) in [5.74, 6) is -1.33. The molecule has 8 heteroatoms. The fraction of sp³-hybridized carbons (Fsp3) is 0.278. The average Bonchev–Trinajstić information content (AvgIpc) is 2.62. The predicted molar refractivity (Wildman–Crippen MR) is 101 cm³/mol. The molecule has 2 aromatic carbocycles. The summed E-state index contributed by atoms with van der Waals surface area (Å²) >= 11 is 5.93. The van der Waals surface area contributed by atoms with Gasteiger partial charge >= 0.3 is 5.97 Å². The van der Waals surface area contributed by atoms with Crippen LogP contribution in [0.25, 0.3) is 0 Å². The van der Waals surface area contributed by atoms with E-state index < -0.39 is 16.0 Å². The van der Waals surface area contributed by atoms with Crippen LogP contribution < -0.4 is 4.90 Å². The molecular formula is C18H19ClN2O4S. The summed E-state index contributed by atoms with van der Waals surface area (Å²) in [5, 5.41) is 9.04. The Kier molecular flexibility index (Phi) is 5.50. The summed E-state index contributed by atoms with van der Waals surface area (Å²) in [5.41, 5.74) is 1.52. The van der Waals surface area contributed by atoms with E-state index in [1.165, 1.54) is 22.5 Å². The van der Waals surface area contributed by atoms with Crippen molar-refractivity contribution in [1.29, 1.82) is 0 Å². The van der Waals surface area contributed by atoms with Gasteiger partial charge in [0.2, 0.25) is 10.0 Å². The van der Waals surface area contributed by atoms with Crippen LogP contribution >= 0.6 is 11.6 Å². The van der Waals surface area contributed by atoms with Gasteiger partial charge in [0.1, 0.15) is 0 Å². The van der Waals surface area contributed by atoms with E-state index in [-0.39, 0.29) is 16.3 Å². The van der Waals surface area contributed by atoms with Crippen molar-refractivity contribution in [3.8, 4) is 0 Å². The van der Waals surface area contributed by atoms with Gasteiger partial charge in [-0.2, -0.15) is 4.31 Å². The molecule has 0 bridgehead atoms. The smallest absolute Gasteiger partial charge is 0.337 e. The number of carboxylic acids is 1. The molecule has 0 saturated carbocycles. The normalized spacial score (nSPS) is 15.8. The second-order valence-corrected chi connectivity index (χ2v) is 8.47. The summed E-state index contributed by atoms with van der Waals surface area (Å²) in [6.07, 6.45) is 0. The van der Waals surface area contributed by atoms with Gasteiger partial charge in [0.15, 0.2) is 0 Å². The minimum Gasteiger partial charge on any atom is -0.478 e. The topological polar surface area (TPSA) is 77.9 Å². The minimum absolute atomic E-state index is 0.0377. The van der Waals surface area contributed by atoms with Crippen LogP contribution in [0.4, 0.5) is 5.69 Å². The zero-order valence-corrected chi connectivity index (χ0v) is 15.6. The van der Waals surface area contributed by atoms with Gasteiger partial charge in [-0.1, -0.05) is 35.9 Å². The Labute approximate surface area is 157 Å². The van der Waals surface area contributed by atoms with E-state index >= 15 is 0 Å². The molecule has 3 rings (SSSR count). The van der Waals surface area contributed by atoms with Gasteiger partial charge in [0.05, 0.1) is 16.3 Å². The Bertz CT molecular complexity index is 895. The molecule has 6 nitrogen and oxygen atoms in total. The van der Waals surface area contributed by atoms with Crippen molar-refractivity contribution in [2.24, 2.45) is 0 Å². The van der Waals surface area contributed by atoms with Gasteiger partial charge in [-0.25, -0.2) is 13.2 Å². The van der Waals surface area contributed by atoms with Gasteiger partial charge in [-0.3, -0.25) is 0 Å². The van der Waals surface area contributed by atoms with Gasteiger partial charge < -0.3 is 10.0 Å². The van der Waals surface area contributed by atoms with Crippen molar-refractivity contribution in [3.63, 3.8) is 0 Å². The van der Waals surface area contributed by atoms with Crippen molar-refractivity contribution in [3.05, 3.63) is 64.7 Å². The van der Waals surface area contributed by atoms with E-state index in [1.807, 2.05) is 30.3 Å². The number of piperazine rings is 1. The Morgan fingerprint density at radius 3 is 2.27 bits per heavy atom. The molecule has 1 saturated heterocycles. The van der Waals surface area contributed by atoms with Gasteiger partial charge in [-0.05, 0) is 29.8 Å². The monoisotopic (exact) mass is 394 g/mol. The molecule has 0 aromatic heterocycles. The molecule has 0 aliphatic carbocycles. The van der Waals surface area contributed by atoms with E-state index in [0.717, 1.165) is 5.69 Å². The minimum atomic E-state index is -3.49. The van der Waals surface area contributed by atoms with Crippen LogP contribution in [0.5, 0.6) is 0 Å². The van der Waals surface area contributed by atoms with Crippen LogP contribution in [0.1, 0.15) is 15.9 Å². The van der Waals surface area contributed by atoms with E-state index in [9.17, 15) is 13.2 Å². The molecule has 0 unspecified atom stereocenters. The van der Waals surface area contributed by atoms with Crippen LogP contribution in [0, 0.1) is 0 Å². The van der Waals surface area contributed by atoms with Crippen LogP contribution in [-0.4, -0.2) is 50.0 Å². The standard InChI is InChI=1S/C18H19ClN2O4S/c19-17-12-14(6-7-16(17)18(22)23)13-26(24,25)21-10-8-20(9-11-21)15-4-2-1-3-5-15/h1-7,12H,8-11,13H2,(H,22,23). The summed E-state index contributed by atoms with van der Waals surface area (Å²) in [6, 6.07) is 14.1. The number of rotatable bonds is 5. The summed E-state index contributed by atoms with van der Waals surface area (Å²) < 4.78 is 26.8. The molecule has 0 amide bonds. The number of sulfonamides is 1. The summed E-state index contributed by atoms with van der Waals surface area (Å²) in [7, 11) is -3.49. The van der Waals surface area contributed by atoms with Crippen molar-refractivity contribution in [2.45, 2.75) is 5.75 Å². The average molecular weight is 395 g/mol. The van der Waals surface area contributed by atoms with E-state index in [2.05, 4.69) is 4.90 Å². The second-order valence-electron chi connectivity index (χ2n) is 6.10. The molecule has 0 atom stereocenters. The van der Waals surface area contributed by atoms with Crippen molar-refractivity contribution < 1.29 is 18.3 Å². The largest absolute Gasteiger partial charge is 0.478 e. The molecule has 1 fully saturated rings. The Hall–Kier alpha value is -2.09. The highest BCUT2D eigenvalue weighted by molar-refractivity contribution is 7.88. The van der Waals surface area contributed by atoms with Crippen molar-refractivity contribution >= 4 is 33.3 Å². The van der Waals surface area contributed by atoms with Crippen molar-refractivity contribution in [2.75, 3.05) is 31.1 Å². The Balaban J connectivity index is 1.66. The fourth-order valence-corrected chi connectivity index (χ4v) is 4.77. The summed E-state index contributed by atoms with van der Waals surface area (Å²) in [4.78, 5) is 13.2. The first-order valence-electron chi connectivity index (χ1n) is 8.16. The van der Waals surface area contributed by atoms with E-state index in [0.29, 0.717) is 31.7 Å². The van der Waals surface area contributed by atoms with E-state index in [1.54, 1.807) is 0 Å². The number of aromatic carboxylic acids is 1. The molecule has 0 spiro atoms. The zero-order chi connectivity index (χ0) is 18.7. The number of hydrogen-bond acceptors (Lipinski definition) is 4. The first kappa shape index (κ1) is 18.7. The van der Waals surface area contributed by atoms with Gasteiger partial charge in [0, 0.05) is 31.9 Å². The molecule has 2 aromatic rings. The van der Waals surface area contributed by atoms with E-state index in [4.69, 9.17) is 16.7 Å². The lowest BCUT2D eigenvalue weighted by molar-refractivity contribution is 0.0697. The predicted octanol–water partition coefficient (Wildman–Crippen LogP) is 2.69. The molecule has 0 radical (unpaired) electrons. The Morgan fingerprint density at radius 2 is 1.69 bits per heavy atom. The maximum atomic E-state index is 12.7. The van der Waals surface area contributed by atoms with Crippen LogP contribution in [0.15, 0.2) is 48.5 Å². The maximum absolute atomic E-state index is 12.7. The molecule has 26 heavy (non-hydrogen) atoms. The lowest BCUT2D eigenvalue weighted by Crippen LogP contribution is -2.49. The third-order valence-corrected chi connectivity index (χ3v) is 6.53. The SMILES string of the molecule is O=C(O)c1ccc(CS(=O)(=O)N2CCN(c3ccccc3)CC2)cc1Cl. The molecule has 1 aliphatic rings.